The number of carbonyl (C=O) groups excluding carboxylic acids is 1. The number of β-amino-alcohol motifs (C(OH)–C–C–N with tert-alkyl or cyclic N) is 1. The Hall–Kier alpha value is -3.53. The molecule has 2 fully saturated rings. The normalized spacial score (nSPS) is 20.5. The summed E-state index contributed by atoms with van der Waals surface area (Å²) >= 11 is 0. The number of anilines is 1. The Labute approximate surface area is 267 Å². The van der Waals surface area contributed by atoms with E-state index in [0.29, 0.717) is 36.3 Å². The second-order valence-corrected chi connectivity index (χ2v) is 13.2. The average molecular weight is 615 g/mol. The molecule has 0 bridgehead atoms. The number of amides is 1. The van der Waals surface area contributed by atoms with Gasteiger partial charge in [-0.1, -0.05) is 6.07 Å². The molecular formula is C36H50N6O3. The highest BCUT2D eigenvalue weighted by Gasteiger charge is 2.29. The summed E-state index contributed by atoms with van der Waals surface area (Å²) in [5.74, 6) is -0.195. The number of pyridine rings is 2. The Morgan fingerprint density at radius 2 is 1.78 bits per heavy atom. The molecule has 5 rings (SSSR count). The van der Waals surface area contributed by atoms with Crippen LogP contribution in [0.3, 0.4) is 0 Å². The number of hydrogen-bond donors (Lipinski definition) is 3. The van der Waals surface area contributed by atoms with Gasteiger partial charge in [0.1, 0.15) is 0 Å². The van der Waals surface area contributed by atoms with Crippen molar-refractivity contribution in [2.24, 2.45) is 0 Å². The maximum absolute atomic E-state index is 13.9. The number of carbonyl (C=O) groups is 1. The molecule has 1 aromatic carbocycles. The van der Waals surface area contributed by atoms with Crippen LogP contribution in [0.5, 0.6) is 0 Å². The first-order valence-corrected chi connectivity index (χ1v) is 16.4. The smallest absolute Gasteiger partial charge is 0.253 e. The molecule has 2 aliphatic rings. The van der Waals surface area contributed by atoms with Crippen LogP contribution in [0.15, 0.2) is 41.3 Å². The molecule has 1 atom stereocenters. The molecule has 1 aliphatic carbocycles. The molecule has 1 aliphatic heterocycles. The van der Waals surface area contributed by atoms with Crippen LogP contribution in [0.4, 0.5) is 5.69 Å². The van der Waals surface area contributed by atoms with E-state index in [9.17, 15) is 14.7 Å². The predicted octanol–water partition coefficient (Wildman–Crippen LogP) is 4.56. The molecule has 3 N–H and O–H groups in total. The first kappa shape index (κ1) is 32.9. The van der Waals surface area contributed by atoms with Crippen LogP contribution in [-0.4, -0.2) is 82.7 Å². The van der Waals surface area contributed by atoms with E-state index in [4.69, 9.17) is 4.98 Å². The first-order valence-electron chi connectivity index (χ1n) is 16.4. The highest BCUT2D eigenvalue weighted by molar-refractivity contribution is 5.99. The predicted molar refractivity (Wildman–Crippen MR) is 181 cm³/mol. The van der Waals surface area contributed by atoms with Gasteiger partial charge in [0.05, 0.1) is 11.8 Å². The Bertz CT molecular complexity index is 1540. The van der Waals surface area contributed by atoms with Gasteiger partial charge < -0.3 is 25.2 Å². The summed E-state index contributed by atoms with van der Waals surface area (Å²) in [6.07, 6.45) is 6.97. The lowest BCUT2D eigenvalue weighted by molar-refractivity contribution is 0.0950. The van der Waals surface area contributed by atoms with E-state index in [1.165, 1.54) is 0 Å². The Morgan fingerprint density at radius 1 is 1.04 bits per heavy atom. The average Bonchev–Trinajstić information content (AvgIpc) is 3.42. The first-order chi connectivity index (χ1) is 21.5. The van der Waals surface area contributed by atoms with Crippen LogP contribution in [-0.2, 0) is 13.1 Å². The number of likely N-dealkylation sites (tertiary alicyclic amines) is 1. The maximum Gasteiger partial charge on any atom is 0.253 e. The van der Waals surface area contributed by atoms with Gasteiger partial charge in [-0.3, -0.25) is 19.5 Å². The summed E-state index contributed by atoms with van der Waals surface area (Å²) in [6, 6.07) is 11.3. The number of aryl methyl sites for hydroxylation is 2. The molecule has 0 spiro atoms. The standard InChI is InChI=1S/C36H50N6O3/c1-7-42(30-12-10-29(11-13-30)40(5)6)34-18-27(26-8-9-28(37-19-26)21-41-15-14-31(43)22-41)17-32(25(34)4)35(44)38-20-33-23(2)16-24(3)39-36(33)45/h8-9,16-19,29-31,43H,7,10-15,20-22H2,1-6H3,(H,38,44)(H,39,45)/t29?,30?,31-/m0/s1. The van der Waals surface area contributed by atoms with Gasteiger partial charge in [-0.2, -0.15) is 0 Å². The number of aliphatic hydroxyl groups excluding tert-OH is 1. The molecule has 1 saturated heterocycles. The number of H-pyrrole nitrogens is 1. The van der Waals surface area contributed by atoms with Crippen molar-refractivity contribution in [3.8, 4) is 11.1 Å². The molecule has 1 saturated carbocycles. The summed E-state index contributed by atoms with van der Waals surface area (Å²) in [5.41, 5.74) is 7.56. The fraction of sp³-hybridized carbons (Fsp3) is 0.528. The van der Waals surface area contributed by atoms with Crippen molar-refractivity contribution < 1.29 is 9.90 Å². The topological polar surface area (TPSA) is 105 Å². The fourth-order valence-electron chi connectivity index (χ4n) is 7.15. The molecule has 9 nitrogen and oxygen atoms in total. The SMILES string of the molecule is CCN(c1cc(-c2ccc(CN3CC[C@H](O)C3)nc2)cc(C(=O)NCc2c(C)cc(C)[nH]c2=O)c1C)C1CCC(N(C)C)CC1. The monoisotopic (exact) mass is 614 g/mol. The van der Waals surface area contributed by atoms with Gasteiger partial charge in [-0.25, -0.2) is 0 Å². The van der Waals surface area contributed by atoms with Crippen LogP contribution >= 0.6 is 0 Å². The highest BCUT2D eigenvalue weighted by atomic mass is 16.3. The lowest BCUT2D eigenvalue weighted by atomic mass is 9.88. The van der Waals surface area contributed by atoms with Crippen molar-refractivity contribution in [1.82, 2.24) is 25.1 Å². The fourth-order valence-corrected chi connectivity index (χ4v) is 7.15. The van der Waals surface area contributed by atoms with E-state index in [1.807, 2.05) is 45.2 Å². The molecule has 45 heavy (non-hydrogen) atoms. The zero-order chi connectivity index (χ0) is 32.2. The number of aromatic amines is 1. The quantitative estimate of drug-likeness (QED) is 0.308. The third-order valence-electron chi connectivity index (χ3n) is 9.82. The summed E-state index contributed by atoms with van der Waals surface area (Å²) in [6.45, 7) is 11.3. The zero-order valence-corrected chi connectivity index (χ0v) is 27.8. The van der Waals surface area contributed by atoms with E-state index < -0.39 is 0 Å². The van der Waals surface area contributed by atoms with E-state index in [0.717, 1.165) is 84.5 Å². The third-order valence-corrected chi connectivity index (χ3v) is 9.82. The van der Waals surface area contributed by atoms with Crippen molar-refractivity contribution in [1.29, 1.82) is 0 Å². The second-order valence-electron chi connectivity index (χ2n) is 13.2. The van der Waals surface area contributed by atoms with Crippen molar-refractivity contribution in [3.05, 3.63) is 80.5 Å². The summed E-state index contributed by atoms with van der Waals surface area (Å²) in [7, 11) is 4.33. The third kappa shape index (κ3) is 7.65. The second kappa shape index (κ2) is 14.3. The Kier molecular flexibility index (Phi) is 10.4. The maximum atomic E-state index is 13.9. The highest BCUT2D eigenvalue weighted by Crippen LogP contribution is 2.35. The number of rotatable bonds is 10. The number of hydrogen-bond acceptors (Lipinski definition) is 7. The minimum atomic E-state index is -0.257. The van der Waals surface area contributed by atoms with Gasteiger partial charge in [0.15, 0.2) is 0 Å². The minimum Gasteiger partial charge on any atom is -0.392 e. The minimum absolute atomic E-state index is 0.159. The number of benzene rings is 1. The number of aromatic nitrogens is 2. The molecule has 0 unspecified atom stereocenters. The van der Waals surface area contributed by atoms with E-state index >= 15 is 0 Å². The molecule has 3 aromatic rings. The van der Waals surface area contributed by atoms with Crippen LogP contribution < -0.4 is 15.8 Å². The van der Waals surface area contributed by atoms with E-state index in [-0.39, 0.29) is 24.1 Å². The van der Waals surface area contributed by atoms with E-state index in [2.05, 4.69) is 58.2 Å². The van der Waals surface area contributed by atoms with Crippen molar-refractivity contribution in [2.75, 3.05) is 38.6 Å². The molecule has 9 heteroatoms. The van der Waals surface area contributed by atoms with Gasteiger partial charge in [-0.05, 0) is 115 Å². The Morgan fingerprint density at radius 3 is 2.38 bits per heavy atom. The number of nitrogens with zero attached hydrogens (tertiary/aromatic N) is 4. The lowest BCUT2D eigenvalue weighted by Gasteiger charge is -2.40. The summed E-state index contributed by atoms with van der Waals surface area (Å²) in [4.78, 5) is 41.2. The molecule has 1 amide bonds. The van der Waals surface area contributed by atoms with Crippen molar-refractivity contribution in [3.63, 3.8) is 0 Å². The van der Waals surface area contributed by atoms with Gasteiger partial charge in [0.2, 0.25) is 0 Å². The van der Waals surface area contributed by atoms with E-state index in [1.54, 1.807) is 0 Å². The van der Waals surface area contributed by atoms with Crippen molar-refractivity contribution in [2.45, 2.75) is 91.1 Å². The summed E-state index contributed by atoms with van der Waals surface area (Å²) in [5, 5.41) is 13.0. The summed E-state index contributed by atoms with van der Waals surface area (Å²) < 4.78 is 0. The van der Waals surface area contributed by atoms with Gasteiger partial charge in [-0.15, -0.1) is 0 Å². The van der Waals surface area contributed by atoms with Crippen LogP contribution in [0.2, 0.25) is 0 Å². The molecule has 3 heterocycles. The number of aliphatic hydroxyl groups is 1. The molecular weight excluding hydrogens is 564 g/mol. The number of nitrogens with one attached hydrogen (secondary N) is 2. The molecule has 2 aromatic heterocycles. The van der Waals surface area contributed by atoms with Crippen LogP contribution in [0.25, 0.3) is 11.1 Å². The largest absolute Gasteiger partial charge is 0.392 e. The van der Waals surface area contributed by atoms with Crippen LogP contribution in [0.1, 0.15) is 77.5 Å². The lowest BCUT2D eigenvalue weighted by Crippen LogP contribution is -2.42. The Balaban J connectivity index is 1.46. The molecule has 0 radical (unpaired) electrons. The van der Waals surface area contributed by atoms with Gasteiger partial charge in [0, 0.05) is 79.1 Å². The zero-order valence-electron chi connectivity index (χ0n) is 27.8. The van der Waals surface area contributed by atoms with Gasteiger partial charge >= 0.3 is 0 Å². The van der Waals surface area contributed by atoms with Gasteiger partial charge in [0.25, 0.3) is 11.5 Å². The van der Waals surface area contributed by atoms with Crippen molar-refractivity contribution >= 4 is 11.6 Å². The molecule has 242 valence electrons. The van der Waals surface area contributed by atoms with Crippen LogP contribution in [0, 0.1) is 20.8 Å².